The molecule has 128 valence electrons. The van der Waals surface area contributed by atoms with Crippen LogP contribution in [0.15, 0.2) is 17.4 Å². The number of unbranched alkanes of at least 4 members (excludes halogenated alkanes) is 1. The highest BCUT2D eigenvalue weighted by Crippen LogP contribution is 2.32. The fourth-order valence-electron chi connectivity index (χ4n) is 3.21. The van der Waals surface area contributed by atoms with Crippen LogP contribution in [0.5, 0.6) is 0 Å². The zero-order valence-corrected chi connectivity index (χ0v) is 15.3. The minimum atomic E-state index is 0.295. The molecule has 3 nitrogen and oxygen atoms in total. The van der Waals surface area contributed by atoms with Crippen LogP contribution >= 0.6 is 0 Å². The number of hydrogen-bond acceptors (Lipinski definition) is 3. The zero-order valence-electron chi connectivity index (χ0n) is 15.3. The molecular formula is C19H37N3. The first-order valence-corrected chi connectivity index (χ1v) is 9.11. The maximum atomic E-state index is 5.67. The summed E-state index contributed by atoms with van der Waals surface area (Å²) >= 11 is 0. The Labute approximate surface area is 138 Å². The highest BCUT2D eigenvalue weighted by molar-refractivity contribution is 5.04. The first kappa shape index (κ1) is 19.4. The summed E-state index contributed by atoms with van der Waals surface area (Å²) in [5.41, 5.74) is 10.7. The van der Waals surface area contributed by atoms with Gasteiger partial charge in [-0.05, 0) is 38.3 Å². The van der Waals surface area contributed by atoms with Crippen molar-refractivity contribution in [1.29, 1.82) is 0 Å². The monoisotopic (exact) mass is 307 g/mol. The minimum Gasteiger partial charge on any atom is -0.329 e. The smallest absolute Gasteiger partial charge is 0.0110 e. The number of nitrogens with two attached hydrogens (primary N) is 1. The van der Waals surface area contributed by atoms with Gasteiger partial charge in [0.25, 0.3) is 0 Å². The van der Waals surface area contributed by atoms with E-state index < -0.39 is 0 Å². The van der Waals surface area contributed by atoms with Gasteiger partial charge in [-0.3, -0.25) is 9.80 Å². The second-order valence-electron chi connectivity index (χ2n) is 7.01. The minimum absolute atomic E-state index is 0.295. The van der Waals surface area contributed by atoms with Crippen LogP contribution < -0.4 is 5.73 Å². The first-order chi connectivity index (χ1) is 10.5. The predicted octanol–water partition coefficient (Wildman–Crippen LogP) is 3.27. The van der Waals surface area contributed by atoms with Gasteiger partial charge in [-0.1, -0.05) is 26.7 Å². The third kappa shape index (κ3) is 6.66. The summed E-state index contributed by atoms with van der Waals surface area (Å²) in [5, 5.41) is 0. The molecule has 1 heterocycles. The van der Waals surface area contributed by atoms with Crippen LogP contribution in [0.1, 0.15) is 53.4 Å². The van der Waals surface area contributed by atoms with E-state index in [0.717, 1.165) is 26.2 Å². The Balaban J connectivity index is 2.70. The maximum Gasteiger partial charge on any atom is 0.0110 e. The molecule has 0 aromatic heterocycles. The number of piperazine rings is 1. The van der Waals surface area contributed by atoms with Crippen LogP contribution in [0.25, 0.3) is 0 Å². The molecule has 0 unspecified atom stereocenters. The van der Waals surface area contributed by atoms with Gasteiger partial charge in [0.2, 0.25) is 0 Å². The van der Waals surface area contributed by atoms with Gasteiger partial charge < -0.3 is 5.73 Å². The SMILES string of the molecule is CCCC[C@](C=C=C(C)C)(CC)CN1CCN(CCN)CC1. The quantitative estimate of drug-likeness (QED) is 0.664. The van der Waals surface area contributed by atoms with E-state index >= 15 is 0 Å². The summed E-state index contributed by atoms with van der Waals surface area (Å²) in [6.07, 6.45) is 7.44. The van der Waals surface area contributed by atoms with Crippen molar-refractivity contribution in [2.75, 3.05) is 45.8 Å². The van der Waals surface area contributed by atoms with Crippen LogP contribution in [-0.4, -0.2) is 55.6 Å². The van der Waals surface area contributed by atoms with E-state index in [1.165, 1.54) is 50.9 Å². The van der Waals surface area contributed by atoms with Crippen molar-refractivity contribution in [3.8, 4) is 0 Å². The first-order valence-electron chi connectivity index (χ1n) is 9.11. The van der Waals surface area contributed by atoms with Crippen LogP contribution in [-0.2, 0) is 0 Å². The van der Waals surface area contributed by atoms with E-state index in [0.29, 0.717) is 5.41 Å². The predicted molar refractivity (Wildman–Crippen MR) is 97.1 cm³/mol. The Hall–Kier alpha value is -0.600. The second kappa shape index (κ2) is 10.2. The van der Waals surface area contributed by atoms with Crippen LogP contribution in [0, 0.1) is 5.41 Å². The van der Waals surface area contributed by atoms with E-state index in [4.69, 9.17) is 5.73 Å². The topological polar surface area (TPSA) is 32.5 Å². The molecule has 1 rings (SSSR count). The summed E-state index contributed by atoms with van der Waals surface area (Å²) < 4.78 is 0. The molecule has 0 spiro atoms. The van der Waals surface area contributed by atoms with Crippen molar-refractivity contribution in [1.82, 2.24) is 9.80 Å². The number of rotatable bonds is 9. The molecule has 0 amide bonds. The molecule has 1 atom stereocenters. The number of hydrogen-bond donors (Lipinski definition) is 1. The van der Waals surface area contributed by atoms with E-state index in [-0.39, 0.29) is 0 Å². The second-order valence-corrected chi connectivity index (χ2v) is 7.01. The molecule has 0 radical (unpaired) electrons. The Morgan fingerprint density at radius 2 is 1.77 bits per heavy atom. The Bertz CT molecular complexity index is 359. The van der Waals surface area contributed by atoms with Gasteiger partial charge in [0.15, 0.2) is 0 Å². The molecular weight excluding hydrogens is 270 g/mol. The molecule has 1 saturated heterocycles. The lowest BCUT2D eigenvalue weighted by molar-refractivity contribution is 0.0965. The van der Waals surface area contributed by atoms with Crippen molar-refractivity contribution in [2.24, 2.45) is 11.1 Å². The molecule has 2 N–H and O–H groups in total. The molecule has 0 aromatic rings. The Morgan fingerprint density at radius 1 is 1.14 bits per heavy atom. The molecule has 22 heavy (non-hydrogen) atoms. The van der Waals surface area contributed by atoms with Crippen molar-refractivity contribution < 1.29 is 0 Å². The average Bonchev–Trinajstić information content (AvgIpc) is 2.52. The summed E-state index contributed by atoms with van der Waals surface area (Å²) in [6, 6.07) is 0. The summed E-state index contributed by atoms with van der Waals surface area (Å²) in [5.74, 6) is 0. The molecule has 0 aromatic carbocycles. The Kier molecular flexibility index (Phi) is 9.04. The fourth-order valence-corrected chi connectivity index (χ4v) is 3.21. The fraction of sp³-hybridized carbons (Fsp3) is 0.842. The lowest BCUT2D eigenvalue weighted by atomic mass is 9.79. The Morgan fingerprint density at radius 3 is 2.27 bits per heavy atom. The van der Waals surface area contributed by atoms with Gasteiger partial charge in [0.05, 0.1) is 0 Å². The summed E-state index contributed by atoms with van der Waals surface area (Å²) in [4.78, 5) is 5.14. The molecule has 1 fully saturated rings. The zero-order chi connectivity index (χ0) is 16.4. The van der Waals surface area contributed by atoms with E-state index in [2.05, 4.69) is 49.3 Å². The molecule has 0 saturated carbocycles. The van der Waals surface area contributed by atoms with Gasteiger partial charge in [-0.2, -0.15) is 0 Å². The van der Waals surface area contributed by atoms with Gasteiger partial charge in [0, 0.05) is 51.2 Å². The molecule has 0 bridgehead atoms. The molecule has 3 heteroatoms. The van der Waals surface area contributed by atoms with Gasteiger partial charge in [-0.15, -0.1) is 5.73 Å². The van der Waals surface area contributed by atoms with Crippen LogP contribution in [0.2, 0.25) is 0 Å². The molecule has 1 aliphatic heterocycles. The maximum absolute atomic E-state index is 5.67. The van der Waals surface area contributed by atoms with Crippen molar-refractivity contribution in [2.45, 2.75) is 53.4 Å². The summed E-state index contributed by atoms with van der Waals surface area (Å²) in [6.45, 7) is 16.6. The van der Waals surface area contributed by atoms with Crippen LogP contribution in [0.4, 0.5) is 0 Å². The van der Waals surface area contributed by atoms with E-state index in [1.807, 2.05) is 0 Å². The number of nitrogens with zero attached hydrogens (tertiary/aromatic N) is 2. The third-order valence-electron chi connectivity index (χ3n) is 4.85. The lowest BCUT2D eigenvalue weighted by Crippen LogP contribution is -2.50. The normalized spacial score (nSPS) is 19.5. The third-order valence-corrected chi connectivity index (χ3v) is 4.85. The highest BCUT2D eigenvalue weighted by Gasteiger charge is 2.29. The van der Waals surface area contributed by atoms with Crippen molar-refractivity contribution >= 4 is 0 Å². The van der Waals surface area contributed by atoms with Crippen molar-refractivity contribution in [3.63, 3.8) is 0 Å². The van der Waals surface area contributed by atoms with Crippen molar-refractivity contribution in [3.05, 3.63) is 17.4 Å². The van der Waals surface area contributed by atoms with Crippen LogP contribution in [0.3, 0.4) is 0 Å². The molecule has 1 aliphatic rings. The largest absolute Gasteiger partial charge is 0.329 e. The summed E-state index contributed by atoms with van der Waals surface area (Å²) in [7, 11) is 0. The van der Waals surface area contributed by atoms with Gasteiger partial charge in [0.1, 0.15) is 0 Å². The molecule has 0 aliphatic carbocycles. The van der Waals surface area contributed by atoms with E-state index in [9.17, 15) is 0 Å². The average molecular weight is 308 g/mol. The van der Waals surface area contributed by atoms with Gasteiger partial charge >= 0.3 is 0 Å². The van der Waals surface area contributed by atoms with Gasteiger partial charge in [-0.25, -0.2) is 0 Å². The highest BCUT2D eigenvalue weighted by atomic mass is 15.3. The lowest BCUT2D eigenvalue weighted by Gasteiger charge is -2.40. The van der Waals surface area contributed by atoms with E-state index in [1.54, 1.807) is 0 Å². The standard InChI is InChI=1S/C19H37N3/c1-5-7-9-19(6-2,10-8-18(3)4)17-22-15-13-21(12-11-20)14-16-22/h10H,5-7,9,11-17,20H2,1-4H3/t19-/m0/s1.